The number of hydrogen-bond donors (Lipinski definition) is 3. The molecule has 7 heteroatoms. The molecule has 126 valence electrons. The first-order chi connectivity index (χ1) is 10.3. The lowest BCUT2D eigenvalue weighted by Gasteiger charge is -2.27. The third-order valence-electron chi connectivity index (χ3n) is 3.73. The van der Waals surface area contributed by atoms with E-state index in [1.165, 1.54) is 0 Å². The van der Waals surface area contributed by atoms with Crippen LogP contribution in [0.15, 0.2) is 0 Å². The standard InChI is InChI=1S/C15H26N2O5/c1-9(2)22-14(20)10(3)8-16-15(21)17-12-6-4-11(5-7-12)13(18)19/h9-12H,4-8H2,1-3H3,(H,18,19)(H2,16,17,21). The van der Waals surface area contributed by atoms with E-state index in [0.717, 1.165) is 0 Å². The number of rotatable bonds is 6. The first kappa shape index (κ1) is 18.3. The summed E-state index contributed by atoms with van der Waals surface area (Å²) in [7, 11) is 0. The zero-order chi connectivity index (χ0) is 16.7. The van der Waals surface area contributed by atoms with Crippen molar-refractivity contribution in [2.24, 2.45) is 11.8 Å². The Morgan fingerprint density at radius 1 is 1.14 bits per heavy atom. The molecule has 0 aromatic heterocycles. The molecule has 1 rings (SSSR count). The minimum absolute atomic E-state index is 0.00600. The summed E-state index contributed by atoms with van der Waals surface area (Å²) in [5.41, 5.74) is 0. The molecule has 0 bridgehead atoms. The number of aliphatic carboxylic acids is 1. The van der Waals surface area contributed by atoms with Gasteiger partial charge in [-0.05, 0) is 39.5 Å². The van der Waals surface area contributed by atoms with E-state index in [9.17, 15) is 14.4 Å². The van der Waals surface area contributed by atoms with Crippen LogP contribution in [0.1, 0.15) is 46.5 Å². The van der Waals surface area contributed by atoms with Gasteiger partial charge in [-0.15, -0.1) is 0 Å². The Kier molecular flexibility index (Phi) is 7.14. The van der Waals surface area contributed by atoms with Gasteiger partial charge in [0.2, 0.25) is 0 Å². The number of carboxylic acid groups (broad SMARTS) is 1. The molecule has 0 aliphatic heterocycles. The number of amides is 2. The number of nitrogens with one attached hydrogen (secondary N) is 2. The molecular formula is C15H26N2O5. The summed E-state index contributed by atoms with van der Waals surface area (Å²) in [4.78, 5) is 34.2. The van der Waals surface area contributed by atoms with Crippen LogP contribution in [-0.4, -0.2) is 41.8 Å². The van der Waals surface area contributed by atoms with Gasteiger partial charge in [0.25, 0.3) is 0 Å². The summed E-state index contributed by atoms with van der Waals surface area (Å²) in [5.74, 6) is -1.81. The summed E-state index contributed by atoms with van der Waals surface area (Å²) in [5, 5.41) is 14.4. The molecule has 1 unspecified atom stereocenters. The van der Waals surface area contributed by atoms with Gasteiger partial charge < -0.3 is 20.5 Å². The highest BCUT2D eigenvalue weighted by molar-refractivity contribution is 5.76. The van der Waals surface area contributed by atoms with Gasteiger partial charge in [0.1, 0.15) is 0 Å². The SMILES string of the molecule is CC(C)OC(=O)C(C)CNC(=O)NC1CCC(C(=O)O)CC1. The minimum atomic E-state index is -0.764. The molecule has 1 atom stereocenters. The summed E-state index contributed by atoms with van der Waals surface area (Å²) in [6.07, 6.45) is 2.31. The quantitative estimate of drug-likeness (QED) is 0.645. The average Bonchev–Trinajstić information content (AvgIpc) is 2.44. The lowest BCUT2D eigenvalue weighted by atomic mass is 9.86. The molecule has 0 aromatic carbocycles. The fourth-order valence-corrected chi connectivity index (χ4v) is 2.40. The average molecular weight is 314 g/mol. The summed E-state index contributed by atoms with van der Waals surface area (Å²) in [6, 6.07) is -0.337. The second-order valence-electron chi connectivity index (χ2n) is 6.13. The topological polar surface area (TPSA) is 105 Å². The number of hydrogen-bond acceptors (Lipinski definition) is 4. The van der Waals surface area contributed by atoms with Crippen molar-refractivity contribution in [1.82, 2.24) is 10.6 Å². The van der Waals surface area contributed by atoms with Crippen LogP contribution in [0.4, 0.5) is 4.79 Å². The van der Waals surface area contributed by atoms with Gasteiger partial charge in [0.15, 0.2) is 0 Å². The number of urea groups is 1. The molecule has 7 nitrogen and oxygen atoms in total. The number of carbonyl (C=O) groups is 3. The van der Waals surface area contributed by atoms with Crippen molar-refractivity contribution in [3.05, 3.63) is 0 Å². The van der Waals surface area contributed by atoms with E-state index < -0.39 is 11.9 Å². The number of carboxylic acids is 1. The maximum Gasteiger partial charge on any atom is 0.315 e. The first-order valence-corrected chi connectivity index (χ1v) is 7.77. The van der Waals surface area contributed by atoms with Crippen molar-refractivity contribution < 1.29 is 24.2 Å². The first-order valence-electron chi connectivity index (χ1n) is 7.77. The Balaban J connectivity index is 2.24. The maximum absolute atomic E-state index is 11.8. The highest BCUT2D eigenvalue weighted by Gasteiger charge is 2.26. The molecule has 0 saturated heterocycles. The molecule has 1 aliphatic carbocycles. The van der Waals surface area contributed by atoms with E-state index in [4.69, 9.17) is 9.84 Å². The second kappa shape index (κ2) is 8.60. The van der Waals surface area contributed by atoms with Gasteiger partial charge in [0, 0.05) is 12.6 Å². The van der Waals surface area contributed by atoms with Crippen LogP contribution in [0.25, 0.3) is 0 Å². The Bertz CT molecular complexity index is 403. The molecule has 3 N–H and O–H groups in total. The Morgan fingerprint density at radius 3 is 2.23 bits per heavy atom. The largest absolute Gasteiger partial charge is 0.481 e. The molecular weight excluding hydrogens is 288 g/mol. The van der Waals surface area contributed by atoms with Crippen molar-refractivity contribution >= 4 is 18.0 Å². The molecule has 0 heterocycles. The van der Waals surface area contributed by atoms with Crippen molar-refractivity contribution in [3.8, 4) is 0 Å². The number of carbonyl (C=O) groups excluding carboxylic acids is 2. The smallest absolute Gasteiger partial charge is 0.315 e. The Morgan fingerprint density at radius 2 is 1.73 bits per heavy atom. The van der Waals surface area contributed by atoms with Gasteiger partial charge in [-0.2, -0.15) is 0 Å². The lowest BCUT2D eigenvalue weighted by Crippen LogP contribution is -2.45. The fraction of sp³-hybridized carbons (Fsp3) is 0.800. The molecule has 1 fully saturated rings. The summed E-state index contributed by atoms with van der Waals surface area (Å²) in [6.45, 7) is 5.46. The van der Waals surface area contributed by atoms with Crippen LogP contribution in [0.2, 0.25) is 0 Å². The third-order valence-corrected chi connectivity index (χ3v) is 3.73. The van der Waals surface area contributed by atoms with Crippen molar-refractivity contribution in [1.29, 1.82) is 0 Å². The molecule has 0 spiro atoms. The van der Waals surface area contributed by atoms with E-state index in [1.807, 2.05) is 0 Å². The monoisotopic (exact) mass is 314 g/mol. The molecule has 0 radical (unpaired) electrons. The molecule has 1 saturated carbocycles. The van der Waals surface area contributed by atoms with Crippen molar-refractivity contribution in [3.63, 3.8) is 0 Å². The maximum atomic E-state index is 11.8. The van der Waals surface area contributed by atoms with E-state index in [-0.39, 0.29) is 36.6 Å². The van der Waals surface area contributed by atoms with Crippen LogP contribution < -0.4 is 10.6 Å². The van der Waals surface area contributed by atoms with E-state index in [1.54, 1.807) is 20.8 Å². The van der Waals surface area contributed by atoms with E-state index in [0.29, 0.717) is 25.7 Å². The Hall–Kier alpha value is -1.79. The number of esters is 1. The van der Waals surface area contributed by atoms with Crippen LogP contribution in [-0.2, 0) is 14.3 Å². The van der Waals surface area contributed by atoms with Gasteiger partial charge in [-0.3, -0.25) is 9.59 Å². The summed E-state index contributed by atoms with van der Waals surface area (Å²) >= 11 is 0. The van der Waals surface area contributed by atoms with E-state index in [2.05, 4.69) is 10.6 Å². The van der Waals surface area contributed by atoms with Gasteiger partial charge in [-0.1, -0.05) is 6.92 Å². The second-order valence-corrected chi connectivity index (χ2v) is 6.13. The van der Waals surface area contributed by atoms with Gasteiger partial charge in [0.05, 0.1) is 17.9 Å². The van der Waals surface area contributed by atoms with Crippen LogP contribution in [0.3, 0.4) is 0 Å². The molecule has 2 amide bonds. The fourth-order valence-electron chi connectivity index (χ4n) is 2.40. The Labute approximate surface area is 130 Å². The number of ether oxygens (including phenoxy) is 1. The van der Waals surface area contributed by atoms with Gasteiger partial charge in [-0.25, -0.2) is 4.79 Å². The zero-order valence-electron chi connectivity index (χ0n) is 13.4. The lowest BCUT2D eigenvalue weighted by molar-refractivity contribution is -0.151. The third kappa shape index (κ3) is 6.32. The predicted molar refractivity (Wildman–Crippen MR) is 80.3 cm³/mol. The van der Waals surface area contributed by atoms with Crippen molar-refractivity contribution in [2.45, 2.75) is 58.6 Å². The molecule has 0 aromatic rings. The van der Waals surface area contributed by atoms with Crippen LogP contribution in [0.5, 0.6) is 0 Å². The highest BCUT2D eigenvalue weighted by atomic mass is 16.5. The normalized spacial score (nSPS) is 22.7. The van der Waals surface area contributed by atoms with Crippen LogP contribution >= 0.6 is 0 Å². The minimum Gasteiger partial charge on any atom is -0.481 e. The van der Waals surface area contributed by atoms with Gasteiger partial charge >= 0.3 is 18.0 Å². The summed E-state index contributed by atoms with van der Waals surface area (Å²) < 4.78 is 5.06. The van der Waals surface area contributed by atoms with Crippen molar-refractivity contribution in [2.75, 3.05) is 6.54 Å². The molecule has 1 aliphatic rings. The predicted octanol–water partition coefficient (Wildman–Crippen LogP) is 1.52. The molecule has 22 heavy (non-hydrogen) atoms. The van der Waals surface area contributed by atoms with E-state index >= 15 is 0 Å². The highest BCUT2D eigenvalue weighted by Crippen LogP contribution is 2.24. The zero-order valence-corrected chi connectivity index (χ0v) is 13.4. The van der Waals surface area contributed by atoms with Crippen LogP contribution in [0, 0.1) is 11.8 Å².